The van der Waals surface area contributed by atoms with Gasteiger partial charge in [0.2, 0.25) is 12.2 Å². The van der Waals surface area contributed by atoms with Crippen molar-refractivity contribution in [3.8, 4) is 5.88 Å². The van der Waals surface area contributed by atoms with Crippen molar-refractivity contribution < 1.29 is 61.9 Å². The Kier molecular flexibility index (Phi) is 33.7. The largest absolute Gasteiger partial charge is 0.462 e. The van der Waals surface area contributed by atoms with Crippen LogP contribution in [0.2, 0.25) is 0 Å². The first kappa shape index (κ1) is 96.4. The van der Waals surface area contributed by atoms with Gasteiger partial charge in [0.15, 0.2) is 0 Å². The lowest BCUT2D eigenvalue weighted by atomic mass is 9.69. The molecular weight excluding hydrogens is 1490 g/mol. The summed E-state index contributed by atoms with van der Waals surface area (Å²) in [6.07, 6.45) is 24.0. The van der Waals surface area contributed by atoms with Gasteiger partial charge in [0.25, 0.3) is 5.56 Å². The molecule has 7 heterocycles. The van der Waals surface area contributed by atoms with Crippen LogP contribution in [0.15, 0.2) is 53.3 Å². The van der Waals surface area contributed by atoms with Gasteiger partial charge in [-0.2, -0.15) is 0 Å². The first-order valence-electron chi connectivity index (χ1n) is 44.6. The van der Waals surface area contributed by atoms with E-state index >= 15 is 0 Å². The highest BCUT2D eigenvalue weighted by molar-refractivity contribution is 5.77. The van der Waals surface area contributed by atoms with Crippen LogP contribution >= 0.6 is 0 Å². The summed E-state index contributed by atoms with van der Waals surface area (Å²) in [5.74, 6) is -0.186. The van der Waals surface area contributed by atoms with Crippen LogP contribution in [0.4, 0.5) is 4.79 Å². The lowest BCUT2D eigenvalue weighted by Gasteiger charge is -2.47. The summed E-state index contributed by atoms with van der Waals surface area (Å²) in [4.78, 5) is 82.2. The third-order valence-electron chi connectivity index (χ3n) is 25.3. The molecule has 0 bridgehead atoms. The predicted molar refractivity (Wildman–Crippen MR) is 470 cm³/mol. The van der Waals surface area contributed by atoms with Gasteiger partial charge in [-0.15, -0.1) is 5.10 Å². The Labute approximate surface area is 708 Å². The average molecular weight is 1640 g/mol. The molecule has 660 valence electrons. The molecule has 21 heteroatoms. The summed E-state index contributed by atoms with van der Waals surface area (Å²) in [5, 5.41) is 13.7. The van der Waals surface area contributed by atoms with E-state index in [0.29, 0.717) is 29.6 Å². The molecule has 5 aliphatic heterocycles. The summed E-state index contributed by atoms with van der Waals surface area (Å²) in [7, 11) is 0. The normalized spacial score (nSPS) is 24.2. The van der Waals surface area contributed by atoms with E-state index in [4.69, 9.17) is 37.9 Å². The Morgan fingerprint density at radius 2 is 0.975 bits per heavy atom. The smallest absolute Gasteiger partial charge is 0.410 e. The number of hydrogen-bond acceptors (Lipinski definition) is 17. The maximum atomic E-state index is 13.1. The summed E-state index contributed by atoms with van der Waals surface area (Å²) in [6.45, 7) is 59.3. The van der Waals surface area contributed by atoms with Gasteiger partial charge >= 0.3 is 30.0 Å². The molecule has 4 aromatic rings. The summed E-state index contributed by atoms with van der Waals surface area (Å²) >= 11 is 0. The molecule has 3 N–H and O–H groups in total. The molecule has 2 aromatic carbocycles. The fourth-order valence-electron chi connectivity index (χ4n) is 17.2. The number of carbonyl (C=O) groups excluding carboxylic acids is 5. The Balaban J connectivity index is 0.000000239. The molecule has 2 spiro atoms. The van der Waals surface area contributed by atoms with Crippen molar-refractivity contribution in [3.05, 3.63) is 115 Å². The standard InChI is InChI=1S/C46H71N3O6.C32H48N4O3.C19H34O5/c1-30(2)38-36(27-35-20-19-34(26-31(35)3)18-13-16-24-49-25-17-23-46(29-49)21-14-12-15-22-46)40(48-47-38)55-41-33(5)32(4)39(54-43(51)45(9,10)11)37(53-41)28-52-42(50)44(6,7)8;1-23(2)28-27(29(37)34-33-28)21-26-12-11-25(20-24(26)3)10-7-8-16-35-17-9-13-32(22-35)14-18-36(19-15-32)30(38)39-31(4,5)6;1-11-12(2)15(24-17(21)19(7,8)9)14(23-13(11)3)10-22-16(20)18(4,5)6/h13,18-20,26,30,32-33,37,39,41H,12,14-17,21-25,27-29H2,1-11H3,(H,47,48);7,10-12,20,23H,8-9,13-19,21-22H2,1-6H3,(H2,33,34,37);11-15H,10H2,1-9H3/b18-13+;10-7+;/t32-,33-,37-,39+,41+;;11-,12-,13?,14-,15+/m1.1/s1. The lowest BCUT2D eigenvalue weighted by molar-refractivity contribution is -0.252. The number of piperidine rings is 3. The van der Waals surface area contributed by atoms with Crippen LogP contribution in [0.25, 0.3) is 12.2 Å². The van der Waals surface area contributed by atoms with Gasteiger partial charge in [0.1, 0.15) is 43.2 Å². The molecule has 6 aliphatic rings. The van der Waals surface area contributed by atoms with E-state index in [-0.39, 0.29) is 90.4 Å². The molecular formula is C97H153N7O14. The van der Waals surface area contributed by atoms with Gasteiger partial charge in [-0.1, -0.05) is 135 Å². The van der Waals surface area contributed by atoms with Crippen molar-refractivity contribution in [2.24, 2.45) is 56.2 Å². The topological polar surface area (TPSA) is 246 Å². The minimum atomic E-state index is -0.711. The molecule has 21 nitrogen and oxygen atoms in total. The van der Waals surface area contributed by atoms with Crippen molar-refractivity contribution in [1.82, 2.24) is 35.1 Å². The number of hydrogen-bond donors (Lipinski definition) is 3. The van der Waals surface area contributed by atoms with Gasteiger partial charge in [-0.3, -0.25) is 34.2 Å². The van der Waals surface area contributed by atoms with E-state index < -0.39 is 58.0 Å². The Hall–Kier alpha value is -7.07. The number of carbonyl (C=O) groups is 5. The lowest BCUT2D eigenvalue weighted by Crippen LogP contribution is -2.55. The molecule has 10 rings (SSSR count). The Morgan fingerprint density at radius 1 is 0.534 bits per heavy atom. The third kappa shape index (κ3) is 27.2. The maximum absolute atomic E-state index is 13.1. The average Bonchev–Trinajstić information content (AvgIpc) is 1.39. The number of likely N-dealkylation sites (tertiary alicyclic amines) is 3. The highest BCUT2D eigenvalue weighted by atomic mass is 16.7. The summed E-state index contributed by atoms with van der Waals surface area (Å²) in [6, 6.07) is 13.2. The molecule has 1 aliphatic carbocycles. The van der Waals surface area contributed by atoms with Crippen molar-refractivity contribution in [1.29, 1.82) is 0 Å². The second kappa shape index (κ2) is 41.2. The minimum absolute atomic E-state index is 0.0166. The second-order valence-electron chi connectivity index (χ2n) is 41.5. The van der Waals surface area contributed by atoms with E-state index in [1.54, 1.807) is 0 Å². The zero-order valence-corrected chi connectivity index (χ0v) is 77.4. The van der Waals surface area contributed by atoms with Gasteiger partial charge in [-0.25, -0.2) is 4.79 Å². The molecule has 1 saturated carbocycles. The molecule has 5 saturated heterocycles. The highest BCUT2D eigenvalue weighted by Gasteiger charge is 2.49. The monoisotopic (exact) mass is 1640 g/mol. The zero-order valence-electron chi connectivity index (χ0n) is 77.4. The van der Waals surface area contributed by atoms with E-state index in [2.05, 4.69) is 146 Å². The summed E-state index contributed by atoms with van der Waals surface area (Å²) in [5.41, 5.74) is 9.05. The fourth-order valence-corrected chi connectivity index (χ4v) is 17.2. The van der Waals surface area contributed by atoms with Gasteiger partial charge < -0.3 is 57.7 Å². The van der Waals surface area contributed by atoms with Crippen molar-refractivity contribution >= 4 is 42.1 Å². The van der Waals surface area contributed by atoms with Gasteiger partial charge in [-0.05, 0) is 264 Å². The van der Waals surface area contributed by atoms with Crippen LogP contribution in [0, 0.1) is 70.0 Å². The molecule has 1 amide bonds. The van der Waals surface area contributed by atoms with Crippen LogP contribution in [0.3, 0.4) is 0 Å². The molecule has 10 atom stereocenters. The number of ether oxygens (including phenoxy) is 8. The van der Waals surface area contributed by atoms with E-state index in [0.717, 1.165) is 87.5 Å². The number of nitrogens with one attached hydrogen (secondary N) is 3. The number of amides is 1. The van der Waals surface area contributed by atoms with E-state index in [9.17, 15) is 28.8 Å². The predicted octanol–water partition coefficient (Wildman–Crippen LogP) is 19.6. The number of aromatic amines is 3. The first-order chi connectivity index (χ1) is 55.1. The van der Waals surface area contributed by atoms with Crippen molar-refractivity contribution in [2.45, 2.75) is 331 Å². The second-order valence-corrected chi connectivity index (χ2v) is 41.5. The number of benzene rings is 2. The van der Waals surface area contributed by atoms with Gasteiger partial charge in [0.05, 0.1) is 27.8 Å². The van der Waals surface area contributed by atoms with Crippen molar-refractivity contribution in [2.75, 3.05) is 65.6 Å². The minimum Gasteiger partial charge on any atom is -0.462 e. The highest BCUT2D eigenvalue weighted by Crippen LogP contribution is 2.45. The van der Waals surface area contributed by atoms with E-state index in [1.165, 1.54) is 104 Å². The maximum Gasteiger partial charge on any atom is 0.410 e. The first-order valence-corrected chi connectivity index (χ1v) is 44.6. The van der Waals surface area contributed by atoms with Crippen LogP contribution in [0.5, 0.6) is 5.88 Å². The molecule has 0 radical (unpaired) electrons. The quantitative estimate of drug-likeness (QED) is 0.0489. The van der Waals surface area contributed by atoms with Crippen LogP contribution in [-0.4, -0.2) is 173 Å². The van der Waals surface area contributed by atoms with E-state index in [1.807, 2.05) is 130 Å². The Morgan fingerprint density at radius 3 is 1.42 bits per heavy atom. The number of H-pyrrole nitrogens is 3. The number of rotatable bonds is 22. The fraction of sp³-hybridized carbons (Fsp3) is 0.722. The zero-order chi connectivity index (χ0) is 87.2. The van der Waals surface area contributed by atoms with Crippen LogP contribution in [0.1, 0.15) is 317 Å². The molecule has 6 fully saturated rings. The number of nitrogens with zero attached hydrogens (tertiary/aromatic N) is 4. The summed E-state index contributed by atoms with van der Waals surface area (Å²) < 4.78 is 47.8. The molecule has 118 heavy (non-hydrogen) atoms. The molecule has 1 unspecified atom stereocenters. The van der Waals surface area contributed by atoms with Crippen LogP contribution in [-0.2, 0) is 65.2 Å². The SMILES string of the molecule is CC1O[C@H](COC(=O)C(C)(C)C)[C@@H](OC(=O)C(C)(C)C)[C@H](C)[C@H]1C.Cc1cc(/C=C/CCN2CCCC3(CCCCC3)C2)ccc1Cc1c(O[C@@H]2O[C@H](COC(=O)C(C)(C)C)[C@@H](OC(=O)C(C)(C)C)[C@H](C)[C@H]2C)n[nH]c1C(C)C.Cc1cc(/C=C/CCN2CCCC3(CCN(C(=O)OC(C)(C)C)CC3)C2)ccc1Cc1c(C(C)C)[nH][nH]c1=O. The number of aromatic nitrogens is 4. The third-order valence-corrected chi connectivity index (χ3v) is 25.3. The van der Waals surface area contributed by atoms with Gasteiger partial charge in [0, 0.05) is 92.4 Å². The number of aryl methyl sites for hydroxylation is 2. The Bertz CT molecular complexity index is 4050. The van der Waals surface area contributed by atoms with Crippen molar-refractivity contribution in [3.63, 3.8) is 0 Å². The molecule has 2 aromatic heterocycles. The number of esters is 4. The van der Waals surface area contributed by atoms with Crippen LogP contribution < -0.4 is 10.3 Å².